The molecular weight excluding hydrogens is 403 g/mol. The Bertz CT molecular complexity index is 1150. The van der Waals surface area contributed by atoms with Crippen molar-refractivity contribution in [3.05, 3.63) is 75.5 Å². The van der Waals surface area contributed by atoms with E-state index in [1.807, 2.05) is 6.07 Å². The first-order chi connectivity index (χ1) is 15.0. The van der Waals surface area contributed by atoms with Gasteiger partial charge in [0.1, 0.15) is 5.82 Å². The molecule has 0 saturated heterocycles. The molecular formula is C22H23FN4O4. The fraction of sp³-hybridized carbons (Fsp3) is 0.273. The zero-order valence-electron chi connectivity index (χ0n) is 16.8. The van der Waals surface area contributed by atoms with Crippen LogP contribution in [0.2, 0.25) is 0 Å². The molecule has 0 radical (unpaired) electrons. The fourth-order valence-electron chi connectivity index (χ4n) is 3.30. The molecule has 3 aromatic rings. The first-order valence-corrected chi connectivity index (χ1v) is 9.95. The van der Waals surface area contributed by atoms with Crippen molar-refractivity contribution in [2.24, 2.45) is 0 Å². The molecule has 0 saturated carbocycles. The normalized spacial score (nSPS) is 10.8. The number of carbonyl (C=O) groups excluding carboxylic acids is 2. The van der Waals surface area contributed by atoms with Crippen molar-refractivity contribution in [3.63, 3.8) is 0 Å². The molecule has 0 bridgehead atoms. The molecule has 1 heterocycles. The van der Waals surface area contributed by atoms with Crippen molar-refractivity contribution in [3.8, 4) is 0 Å². The van der Waals surface area contributed by atoms with Crippen LogP contribution in [0.5, 0.6) is 0 Å². The largest absolute Gasteiger partial charge is 0.352 e. The van der Waals surface area contributed by atoms with Crippen LogP contribution in [-0.2, 0) is 11.2 Å². The number of carbonyl (C=O) groups is 2. The summed E-state index contributed by atoms with van der Waals surface area (Å²) in [5.74, 6) is -1.60. The highest BCUT2D eigenvalue weighted by atomic mass is 19.1. The van der Waals surface area contributed by atoms with E-state index in [4.69, 9.17) is 5.21 Å². The van der Waals surface area contributed by atoms with E-state index < -0.39 is 17.6 Å². The lowest BCUT2D eigenvalue weighted by Crippen LogP contribution is -2.25. The summed E-state index contributed by atoms with van der Waals surface area (Å²) in [6.45, 7) is 0.343. The van der Waals surface area contributed by atoms with Gasteiger partial charge in [0.05, 0.1) is 16.6 Å². The summed E-state index contributed by atoms with van der Waals surface area (Å²) in [4.78, 5) is 35.3. The highest BCUT2D eigenvalue weighted by Gasteiger charge is 2.14. The van der Waals surface area contributed by atoms with E-state index in [-0.39, 0.29) is 17.5 Å². The quantitative estimate of drug-likeness (QED) is 0.238. The third-order valence-corrected chi connectivity index (χ3v) is 4.91. The second kappa shape index (κ2) is 10.4. The number of hydroxylamine groups is 1. The number of amides is 2. The number of fused-ring (bicyclic) bond motifs is 1. The molecule has 2 amide bonds. The van der Waals surface area contributed by atoms with Crippen molar-refractivity contribution in [2.75, 3.05) is 6.54 Å². The third kappa shape index (κ3) is 5.73. The van der Waals surface area contributed by atoms with Gasteiger partial charge in [-0.3, -0.25) is 19.6 Å². The number of hydrogen-bond acceptors (Lipinski definition) is 5. The van der Waals surface area contributed by atoms with E-state index in [1.165, 1.54) is 12.1 Å². The van der Waals surface area contributed by atoms with Crippen molar-refractivity contribution < 1.29 is 19.2 Å². The summed E-state index contributed by atoms with van der Waals surface area (Å²) in [7, 11) is 0. The molecule has 31 heavy (non-hydrogen) atoms. The molecule has 8 nitrogen and oxygen atoms in total. The minimum absolute atomic E-state index is 0.0640. The van der Waals surface area contributed by atoms with Crippen LogP contribution in [0.3, 0.4) is 0 Å². The number of halogens is 1. The van der Waals surface area contributed by atoms with Gasteiger partial charge >= 0.3 is 0 Å². The number of nitrogens with zero attached hydrogens (tertiary/aromatic N) is 1. The number of rotatable bonds is 9. The Kier molecular flexibility index (Phi) is 7.45. The standard InChI is InChI=1S/C22H23FN4O4/c23-18-10-9-14(13-19-15-6-3-4-7-16(15)22(30)26-25-19)12-17(18)21(29)24-11-5-1-2-8-20(28)27-31/h3-4,6-7,9-10,12,31H,1-2,5,8,11,13H2,(H,24,29)(H,26,30)(H,27,28). The van der Waals surface area contributed by atoms with Gasteiger partial charge in [-0.05, 0) is 36.6 Å². The Labute approximate surface area is 177 Å². The molecule has 0 spiro atoms. The van der Waals surface area contributed by atoms with Crippen LogP contribution in [0.25, 0.3) is 10.8 Å². The molecule has 0 aliphatic heterocycles. The number of unbranched alkanes of at least 4 members (excludes halogenated alkanes) is 2. The highest BCUT2D eigenvalue weighted by Crippen LogP contribution is 2.18. The van der Waals surface area contributed by atoms with E-state index in [0.29, 0.717) is 54.3 Å². The Hall–Kier alpha value is -3.59. The summed E-state index contributed by atoms with van der Waals surface area (Å²) in [5, 5.41) is 18.9. The summed E-state index contributed by atoms with van der Waals surface area (Å²) >= 11 is 0. The fourth-order valence-corrected chi connectivity index (χ4v) is 3.30. The second-order valence-electron chi connectivity index (χ2n) is 7.14. The Morgan fingerprint density at radius 2 is 1.84 bits per heavy atom. The maximum absolute atomic E-state index is 14.2. The number of aromatic amines is 1. The number of nitrogens with one attached hydrogen (secondary N) is 3. The van der Waals surface area contributed by atoms with Gasteiger partial charge in [0, 0.05) is 24.8 Å². The number of H-pyrrole nitrogens is 1. The smallest absolute Gasteiger partial charge is 0.272 e. The van der Waals surface area contributed by atoms with Gasteiger partial charge in [-0.1, -0.05) is 30.7 Å². The summed E-state index contributed by atoms with van der Waals surface area (Å²) < 4.78 is 14.2. The van der Waals surface area contributed by atoms with Gasteiger partial charge in [-0.15, -0.1) is 0 Å². The van der Waals surface area contributed by atoms with Gasteiger partial charge < -0.3 is 5.32 Å². The van der Waals surface area contributed by atoms with Crippen LogP contribution >= 0.6 is 0 Å². The molecule has 1 aromatic heterocycles. The monoisotopic (exact) mass is 426 g/mol. The lowest BCUT2D eigenvalue weighted by atomic mass is 10.0. The number of hydrogen-bond donors (Lipinski definition) is 4. The van der Waals surface area contributed by atoms with E-state index in [2.05, 4.69) is 15.5 Å². The molecule has 4 N–H and O–H groups in total. The van der Waals surface area contributed by atoms with E-state index in [9.17, 15) is 18.8 Å². The zero-order chi connectivity index (χ0) is 22.2. The molecule has 0 unspecified atom stereocenters. The maximum atomic E-state index is 14.2. The Balaban J connectivity index is 1.64. The molecule has 162 valence electrons. The van der Waals surface area contributed by atoms with Crippen LogP contribution in [-0.4, -0.2) is 33.8 Å². The molecule has 9 heteroatoms. The SMILES string of the molecule is O=C(CCCCCNC(=O)c1cc(Cc2n[nH]c(=O)c3ccccc23)ccc1F)NO. The minimum Gasteiger partial charge on any atom is -0.352 e. The highest BCUT2D eigenvalue weighted by molar-refractivity contribution is 5.94. The van der Waals surface area contributed by atoms with E-state index in [1.54, 1.807) is 29.7 Å². The van der Waals surface area contributed by atoms with Crippen molar-refractivity contribution in [1.29, 1.82) is 0 Å². The summed E-state index contributed by atoms with van der Waals surface area (Å²) in [5.41, 5.74) is 2.53. The third-order valence-electron chi connectivity index (χ3n) is 4.91. The first kappa shape index (κ1) is 22.1. The lowest BCUT2D eigenvalue weighted by molar-refractivity contribution is -0.129. The average Bonchev–Trinajstić information content (AvgIpc) is 2.79. The van der Waals surface area contributed by atoms with Crippen molar-refractivity contribution in [2.45, 2.75) is 32.1 Å². The second-order valence-corrected chi connectivity index (χ2v) is 7.14. The predicted molar refractivity (Wildman–Crippen MR) is 112 cm³/mol. The lowest BCUT2D eigenvalue weighted by Gasteiger charge is -2.09. The molecule has 0 fully saturated rings. The van der Waals surface area contributed by atoms with Crippen LogP contribution in [0, 0.1) is 5.82 Å². The molecule has 0 aliphatic rings. The molecule has 0 aliphatic carbocycles. The first-order valence-electron chi connectivity index (χ1n) is 9.95. The van der Waals surface area contributed by atoms with E-state index >= 15 is 0 Å². The summed E-state index contributed by atoms with van der Waals surface area (Å²) in [6, 6.07) is 11.4. The Morgan fingerprint density at radius 3 is 2.61 bits per heavy atom. The number of aromatic nitrogens is 2. The van der Waals surface area contributed by atoms with Crippen LogP contribution in [0.1, 0.15) is 47.3 Å². The summed E-state index contributed by atoms with van der Waals surface area (Å²) in [6.07, 6.45) is 2.41. The Morgan fingerprint density at radius 1 is 1.06 bits per heavy atom. The minimum atomic E-state index is -0.625. The van der Waals surface area contributed by atoms with Crippen LogP contribution in [0.4, 0.5) is 4.39 Å². The predicted octanol–water partition coefficient (Wildman–Crippen LogP) is 2.45. The molecule has 0 atom stereocenters. The van der Waals surface area contributed by atoms with Gasteiger partial charge in [0.2, 0.25) is 5.91 Å². The van der Waals surface area contributed by atoms with Crippen LogP contribution in [0.15, 0.2) is 47.3 Å². The van der Waals surface area contributed by atoms with Gasteiger partial charge in [-0.2, -0.15) is 5.10 Å². The van der Waals surface area contributed by atoms with E-state index in [0.717, 1.165) is 0 Å². The average molecular weight is 426 g/mol. The van der Waals surface area contributed by atoms with Gasteiger partial charge in [-0.25, -0.2) is 15.0 Å². The maximum Gasteiger partial charge on any atom is 0.272 e. The zero-order valence-corrected chi connectivity index (χ0v) is 16.8. The van der Waals surface area contributed by atoms with Gasteiger partial charge in [0.15, 0.2) is 0 Å². The van der Waals surface area contributed by atoms with Gasteiger partial charge in [0.25, 0.3) is 11.5 Å². The molecule has 3 rings (SSSR count). The topological polar surface area (TPSA) is 124 Å². The number of benzene rings is 2. The van der Waals surface area contributed by atoms with Crippen molar-refractivity contribution >= 4 is 22.6 Å². The van der Waals surface area contributed by atoms with Crippen molar-refractivity contribution in [1.82, 2.24) is 21.0 Å². The molecule has 2 aromatic carbocycles. The van der Waals surface area contributed by atoms with Crippen LogP contribution < -0.4 is 16.4 Å².